The van der Waals surface area contributed by atoms with Crippen LogP contribution >= 0.6 is 22.9 Å². The van der Waals surface area contributed by atoms with E-state index in [0.717, 1.165) is 4.88 Å². The monoisotopic (exact) mass is 380 g/mol. The van der Waals surface area contributed by atoms with Gasteiger partial charge in [-0.2, -0.15) is 0 Å². The van der Waals surface area contributed by atoms with E-state index >= 15 is 0 Å². The first-order valence-corrected chi connectivity index (χ1v) is 9.11. The van der Waals surface area contributed by atoms with Crippen molar-refractivity contribution in [3.63, 3.8) is 0 Å². The maximum Gasteiger partial charge on any atom is 0.282 e. The number of nitrogens with zero attached hydrogens (tertiary/aromatic N) is 2. The van der Waals surface area contributed by atoms with Crippen molar-refractivity contribution in [2.45, 2.75) is 0 Å². The Kier molecular flexibility index (Phi) is 4.32. The fourth-order valence-electron chi connectivity index (χ4n) is 2.69. The number of amidine groups is 1. The highest BCUT2D eigenvalue weighted by Crippen LogP contribution is 2.31. The van der Waals surface area contributed by atoms with Crippen LogP contribution in [0, 0.1) is 0 Å². The number of hydrogen-bond donors (Lipinski definition) is 1. The van der Waals surface area contributed by atoms with Crippen molar-refractivity contribution in [1.29, 1.82) is 0 Å². The second-order valence-electron chi connectivity index (χ2n) is 5.62. The Hall–Kier alpha value is -2.89. The summed E-state index contributed by atoms with van der Waals surface area (Å²) in [6.45, 7) is 0. The van der Waals surface area contributed by atoms with Crippen molar-refractivity contribution >= 4 is 46.4 Å². The molecule has 6 heteroatoms. The maximum atomic E-state index is 13.1. The van der Waals surface area contributed by atoms with E-state index in [4.69, 9.17) is 11.6 Å². The molecule has 1 aliphatic rings. The molecule has 1 amide bonds. The first-order chi connectivity index (χ1) is 12.6. The highest BCUT2D eigenvalue weighted by atomic mass is 35.5. The van der Waals surface area contributed by atoms with Crippen molar-refractivity contribution in [3.8, 4) is 5.75 Å². The van der Waals surface area contributed by atoms with Crippen molar-refractivity contribution in [2.24, 2.45) is 4.99 Å². The van der Waals surface area contributed by atoms with Gasteiger partial charge in [0.1, 0.15) is 17.3 Å². The molecule has 0 bridgehead atoms. The van der Waals surface area contributed by atoms with Gasteiger partial charge in [0.15, 0.2) is 0 Å². The van der Waals surface area contributed by atoms with Gasteiger partial charge >= 0.3 is 0 Å². The van der Waals surface area contributed by atoms with Crippen molar-refractivity contribution in [1.82, 2.24) is 0 Å². The van der Waals surface area contributed by atoms with Crippen LogP contribution in [0.3, 0.4) is 0 Å². The number of phenolic OH excluding ortho intramolecular Hbond substituents is 1. The lowest BCUT2D eigenvalue weighted by molar-refractivity contribution is -0.113. The number of amides is 1. The van der Waals surface area contributed by atoms with Crippen molar-refractivity contribution in [3.05, 3.63) is 87.2 Å². The summed E-state index contributed by atoms with van der Waals surface area (Å²) in [5, 5.41) is 12.0. The van der Waals surface area contributed by atoms with Gasteiger partial charge in [-0.15, -0.1) is 11.3 Å². The van der Waals surface area contributed by atoms with Gasteiger partial charge in [-0.1, -0.05) is 29.8 Å². The molecule has 0 saturated carbocycles. The summed E-state index contributed by atoms with van der Waals surface area (Å²) in [5.41, 5.74) is 1.63. The molecule has 1 aromatic heterocycles. The zero-order valence-electron chi connectivity index (χ0n) is 13.5. The van der Waals surface area contributed by atoms with E-state index in [0.29, 0.717) is 27.8 Å². The molecule has 3 aromatic rings. The van der Waals surface area contributed by atoms with E-state index in [-0.39, 0.29) is 11.7 Å². The average molecular weight is 381 g/mol. The number of benzene rings is 2. The van der Waals surface area contributed by atoms with Gasteiger partial charge in [-0.3, -0.25) is 9.69 Å². The third kappa shape index (κ3) is 3.03. The Bertz CT molecular complexity index is 1020. The molecule has 26 heavy (non-hydrogen) atoms. The Morgan fingerprint density at radius 2 is 1.81 bits per heavy atom. The number of thiophene rings is 1. The van der Waals surface area contributed by atoms with Crippen LogP contribution in [0.5, 0.6) is 5.75 Å². The lowest BCUT2D eigenvalue weighted by Gasteiger charge is -2.19. The molecule has 4 nitrogen and oxygen atoms in total. The SMILES string of the molecule is O=C1/C(=C\c2cccs2)N=C(c2ccccc2Cl)N1c1ccc(O)cc1. The predicted molar refractivity (Wildman–Crippen MR) is 106 cm³/mol. The minimum absolute atomic E-state index is 0.131. The topological polar surface area (TPSA) is 52.9 Å². The van der Waals surface area contributed by atoms with Crippen molar-refractivity contribution in [2.75, 3.05) is 4.90 Å². The molecule has 2 aromatic carbocycles. The third-order valence-electron chi connectivity index (χ3n) is 3.91. The number of rotatable bonds is 3. The summed E-state index contributed by atoms with van der Waals surface area (Å²) in [4.78, 5) is 20.1. The molecular weight excluding hydrogens is 368 g/mol. The highest BCUT2D eigenvalue weighted by Gasteiger charge is 2.33. The molecule has 0 aliphatic carbocycles. The minimum Gasteiger partial charge on any atom is -0.508 e. The summed E-state index contributed by atoms with van der Waals surface area (Å²) >= 11 is 7.88. The standard InChI is InChI=1S/C20H13ClN2O2S/c21-17-6-2-1-5-16(17)19-22-18(12-15-4-3-11-26-15)20(25)23(19)13-7-9-14(24)10-8-13/h1-12,24H/b18-12+. The van der Waals surface area contributed by atoms with E-state index in [2.05, 4.69) is 4.99 Å². The van der Waals surface area contributed by atoms with Gasteiger partial charge in [-0.05, 0) is 53.9 Å². The first-order valence-electron chi connectivity index (χ1n) is 7.86. The zero-order chi connectivity index (χ0) is 18.1. The molecule has 0 fully saturated rings. The van der Waals surface area contributed by atoms with Gasteiger partial charge in [-0.25, -0.2) is 4.99 Å². The third-order valence-corrected chi connectivity index (χ3v) is 5.05. The number of phenols is 1. The Morgan fingerprint density at radius 3 is 2.50 bits per heavy atom. The normalized spacial score (nSPS) is 15.6. The smallest absolute Gasteiger partial charge is 0.282 e. The number of anilines is 1. The van der Waals surface area contributed by atoms with Gasteiger partial charge in [0.25, 0.3) is 5.91 Å². The van der Waals surface area contributed by atoms with Gasteiger partial charge < -0.3 is 5.11 Å². The van der Waals surface area contributed by atoms with Crippen LogP contribution < -0.4 is 4.90 Å². The van der Waals surface area contributed by atoms with Crippen LogP contribution in [0.25, 0.3) is 6.08 Å². The molecule has 1 N–H and O–H groups in total. The van der Waals surface area contributed by atoms with E-state index in [1.807, 2.05) is 35.7 Å². The van der Waals surface area contributed by atoms with E-state index < -0.39 is 0 Å². The number of hydrogen-bond acceptors (Lipinski definition) is 4. The largest absolute Gasteiger partial charge is 0.508 e. The van der Waals surface area contributed by atoms with Crippen LogP contribution in [-0.2, 0) is 4.79 Å². The lowest BCUT2D eigenvalue weighted by Crippen LogP contribution is -2.32. The fraction of sp³-hybridized carbons (Fsp3) is 0. The molecule has 128 valence electrons. The Balaban J connectivity index is 1.86. The van der Waals surface area contributed by atoms with Crippen LogP contribution in [0.1, 0.15) is 10.4 Å². The second-order valence-corrected chi connectivity index (χ2v) is 7.00. The number of aromatic hydroxyl groups is 1. The Morgan fingerprint density at radius 1 is 1.04 bits per heavy atom. The molecule has 0 saturated heterocycles. The average Bonchev–Trinajstić information content (AvgIpc) is 3.26. The molecule has 1 aliphatic heterocycles. The molecule has 0 unspecified atom stereocenters. The number of halogens is 1. The number of aliphatic imine (C=N–C) groups is 1. The molecule has 0 atom stereocenters. The summed E-state index contributed by atoms with van der Waals surface area (Å²) in [7, 11) is 0. The quantitative estimate of drug-likeness (QED) is 0.654. The second kappa shape index (κ2) is 6.78. The minimum atomic E-state index is -0.237. The van der Waals surface area contributed by atoms with Gasteiger partial charge in [0.05, 0.1) is 10.7 Å². The predicted octanol–water partition coefficient (Wildman–Crippen LogP) is 4.94. The molecule has 0 spiro atoms. The van der Waals surface area contributed by atoms with Gasteiger partial charge in [0.2, 0.25) is 0 Å². The lowest BCUT2D eigenvalue weighted by atomic mass is 10.1. The zero-order valence-corrected chi connectivity index (χ0v) is 15.0. The summed E-state index contributed by atoms with van der Waals surface area (Å²) in [6, 6.07) is 17.5. The molecular formula is C20H13ClN2O2S. The van der Waals surface area contributed by atoms with E-state index in [9.17, 15) is 9.90 Å². The molecule has 2 heterocycles. The maximum absolute atomic E-state index is 13.1. The van der Waals surface area contributed by atoms with Gasteiger partial charge in [0, 0.05) is 10.4 Å². The van der Waals surface area contributed by atoms with Crippen molar-refractivity contribution < 1.29 is 9.90 Å². The van der Waals surface area contributed by atoms with Crippen LogP contribution in [-0.4, -0.2) is 16.8 Å². The van der Waals surface area contributed by atoms with Crippen LogP contribution in [0.4, 0.5) is 5.69 Å². The number of carbonyl (C=O) groups is 1. The first kappa shape index (κ1) is 16.6. The summed E-state index contributed by atoms with van der Waals surface area (Å²) in [5.74, 6) is 0.360. The van der Waals surface area contributed by atoms with Crippen LogP contribution in [0.2, 0.25) is 5.02 Å². The molecule has 0 radical (unpaired) electrons. The van der Waals surface area contributed by atoms with E-state index in [1.165, 1.54) is 28.4 Å². The Labute approximate surface area is 159 Å². The highest BCUT2D eigenvalue weighted by molar-refractivity contribution is 7.10. The molecule has 4 rings (SSSR count). The summed E-state index contributed by atoms with van der Waals surface area (Å²) < 4.78 is 0. The number of carbonyl (C=O) groups excluding carboxylic acids is 1. The fourth-order valence-corrected chi connectivity index (χ4v) is 3.56. The van der Waals surface area contributed by atoms with Crippen LogP contribution in [0.15, 0.2) is 76.7 Å². The summed E-state index contributed by atoms with van der Waals surface area (Å²) in [6.07, 6.45) is 1.77. The van der Waals surface area contributed by atoms with E-state index in [1.54, 1.807) is 24.3 Å².